The van der Waals surface area contributed by atoms with Gasteiger partial charge in [0.25, 0.3) is 0 Å². The van der Waals surface area contributed by atoms with Crippen LogP contribution in [0.15, 0.2) is 18.2 Å². The number of aryl methyl sites for hydroxylation is 2. The number of hydrogen-bond donors (Lipinski definition) is 1. The number of benzene rings is 1. The van der Waals surface area contributed by atoms with Crippen molar-refractivity contribution in [3.8, 4) is 0 Å². The predicted octanol–water partition coefficient (Wildman–Crippen LogP) is 4.45. The van der Waals surface area contributed by atoms with Crippen molar-refractivity contribution in [2.24, 2.45) is 11.8 Å². The molecule has 3 heteroatoms. The maximum atomic E-state index is 12.5. The smallest absolute Gasteiger partial charge is 0.321 e. The van der Waals surface area contributed by atoms with Gasteiger partial charge in [0.15, 0.2) is 0 Å². The van der Waals surface area contributed by atoms with Crippen molar-refractivity contribution >= 4 is 11.7 Å². The Morgan fingerprint density at radius 2 is 1.50 bits per heavy atom. The van der Waals surface area contributed by atoms with Gasteiger partial charge in [0.2, 0.25) is 0 Å². The Bertz CT molecular complexity index is 422. The Labute approximate surface area is 123 Å². The van der Waals surface area contributed by atoms with Crippen LogP contribution in [0.5, 0.6) is 0 Å². The standard InChI is InChI=1S/C17H28N2O/c1-12(2)10-19(11-13(3)4)17(20)18-16-14(5)8-7-9-15(16)6/h7-9,12-13H,10-11H2,1-6H3,(H,18,20). The van der Waals surface area contributed by atoms with E-state index in [0.717, 1.165) is 29.9 Å². The minimum atomic E-state index is 0.00444. The summed E-state index contributed by atoms with van der Waals surface area (Å²) < 4.78 is 0. The summed E-state index contributed by atoms with van der Waals surface area (Å²) in [6.07, 6.45) is 0. The van der Waals surface area contributed by atoms with Crippen molar-refractivity contribution < 1.29 is 4.79 Å². The zero-order valence-corrected chi connectivity index (χ0v) is 13.7. The highest BCUT2D eigenvalue weighted by Crippen LogP contribution is 2.20. The van der Waals surface area contributed by atoms with Crippen LogP contribution in [0.25, 0.3) is 0 Å². The first-order valence-corrected chi connectivity index (χ1v) is 7.43. The zero-order valence-electron chi connectivity index (χ0n) is 13.7. The lowest BCUT2D eigenvalue weighted by molar-refractivity contribution is 0.196. The van der Waals surface area contributed by atoms with E-state index < -0.39 is 0 Å². The van der Waals surface area contributed by atoms with E-state index in [9.17, 15) is 4.79 Å². The maximum absolute atomic E-state index is 12.5. The molecular weight excluding hydrogens is 248 g/mol. The van der Waals surface area contributed by atoms with Crippen molar-refractivity contribution in [3.63, 3.8) is 0 Å². The lowest BCUT2D eigenvalue weighted by atomic mass is 10.1. The average Bonchev–Trinajstić information content (AvgIpc) is 2.31. The van der Waals surface area contributed by atoms with Crippen LogP contribution in [0.3, 0.4) is 0 Å². The predicted molar refractivity (Wildman–Crippen MR) is 86.2 cm³/mol. The quantitative estimate of drug-likeness (QED) is 0.846. The molecule has 1 N–H and O–H groups in total. The second-order valence-corrected chi connectivity index (χ2v) is 6.39. The normalized spacial score (nSPS) is 11.0. The highest BCUT2D eigenvalue weighted by atomic mass is 16.2. The van der Waals surface area contributed by atoms with Crippen LogP contribution in [-0.4, -0.2) is 24.0 Å². The highest BCUT2D eigenvalue weighted by Gasteiger charge is 2.17. The maximum Gasteiger partial charge on any atom is 0.321 e. The van der Waals surface area contributed by atoms with Gasteiger partial charge in [-0.3, -0.25) is 0 Å². The molecule has 0 spiro atoms. The number of anilines is 1. The van der Waals surface area contributed by atoms with Crippen LogP contribution in [0.1, 0.15) is 38.8 Å². The monoisotopic (exact) mass is 276 g/mol. The molecule has 0 unspecified atom stereocenters. The number of nitrogens with zero attached hydrogens (tertiary/aromatic N) is 1. The van der Waals surface area contributed by atoms with Gasteiger partial charge in [0.05, 0.1) is 0 Å². The first kappa shape index (κ1) is 16.5. The van der Waals surface area contributed by atoms with Crippen LogP contribution in [0.4, 0.5) is 10.5 Å². The van der Waals surface area contributed by atoms with E-state index >= 15 is 0 Å². The molecule has 0 fully saturated rings. The number of nitrogens with one attached hydrogen (secondary N) is 1. The second kappa shape index (κ2) is 7.32. The summed E-state index contributed by atoms with van der Waals surface area (Å²) in [5.74, 6) is 0.940. The Kier molecular flexibility index (Phi) is 6.05. The van der Waals surface area contributed by atoms with E-state index in [-0.39, 0.29) is 6.03 Å². The molecule has 0 aliphatic rings. The van der Waals surface area contributed by atoms with Crippen molar-refractivity contribution in [1.82, 2.24) is 4.90 Å². The van der Waals surface area contributed by atoms with Crippen LogP contribution in [0.2, 0.25) is 0 Å². The number of urea groups is 1. The number of rotatable bonds is 5. The van der Waals surface area contributed by atoms with Gasteiger partial charge in [-0.1, -0.05) is 45.9 Å². The first-order valence-electron chi connectivity index (χ1n) is 7.43. The Morgan fingerprint density at radius 3 is 1.90 bits per heavy atom. The SMILES string of the molecule is Cc1cccc(C)c1NC(=O)N(CC(C)C)CC(C)C. The van der Waals surface area contributed by atoms with E-state index in [2.05, 4.69) is 33.0 Å². The van der Waals surface area contributed by atoms with Gasteiger partial charge < -0.3 is 10.2 Å². The van der Waals surface area contributed by atoms with Gasteiger partial charge in [-0.15, -0.1) is 0 Å². The molecule has 3 nitrogen and oxygen atoms in total. The number of carbonyl (C=O) groups is 1. The second-order valence-electron chi connectivity index (χ2n) is 6.39. The van der Waals surface area contributed by atoms with Crippen molar-refractivity contribution in [1.29, 1.82) is 0 Å². The van der Waals surface area contributed by atoms with Gasteiger partial charge in [-0.2, -0.15) is 0 Å². The molecule has 1 aromatic rings. The summed E-state index contributed by atoms with van der Waals surface area (Å²) in [6.45, 7) is 14.2. The molecule has 0 radical (unpaired) electrons. The van der Waals surface area contributed by atoms with Crippen LogP contribution in [-0.2, 0) is 0 Å². The molecule has 0 aromatic heterocycles. The molecule has 0 saturated carbocycles. The minimum Gasteiger partial charge on any atom is -0.324 e. The topological polar surface area (TPSA) is 32.3 Å². The minimum absolute atomic E-state index is 0.00444. The van der Waals surface area contributed by atoms with E-state index in [1.165, 1.54) is 0 Å². The fourth-order valence-electron chi connectivity index (χ4n) is 2.32. The summed E-state index contributed by atoms with van der Waals surface area (Å²) in [6, 6.07) is 6.07. The molecule has 1 aromatic carbocycles. The first-order chi connectivity index (χ1) is 9.31. The number of carbonyl (C=O) groups excluding carboxylic acids is 1. The van der Waals surface area contributed by atoms with Gasteiger partial charge >= 0.3 is 6.03 Å². The van der Waals surface area contributed by atoms with Gasteiger partial charge in [-0.05, 0) is 36.8 Å². The molecule has 1 rings (SSSR count). The molecule has 2 amide bonds. The van der Waals surface area contributed by atoms with Crippen LogP contribution in [0, 0.1) is 25.7 Å². The largest absolute Gasteiger partial charge is 0.324 e. The van der Waals surface area contributed by atoms with E-state index in [4.69, 9.17) is 0 Å². The van der Waals surface area contributed by atoms with Crippen molar-refractivity contribution in [2.75, 3.05) is 18.4 Å². The summed E-state index contributed by atoms with van der Waals surface area (Å²) in [4.78, 5) is 14.4. The summed E-state index contributed by atoms with van der Waals surface area (Å²) in [7, 11) is 0. The lowest BCUT2D eigenvalue weighted by Crippen LogP contribution is -2.40. The molecule has 20 heavy (non-hydrogen) atoms. The third kappa shape index (κ3) is 4.87. The third-order valence-corrected chi connectivity index (χ3v) is 3.17. The Morgan fingerprint density at radius 1 is 1.05 bits per heavy atom. The number of hydrogen-bond acceptors (Lipinski definition) is 1. The van der Waals surface area contributed by atoms with Gasteiger partial charge in [0.1, 0.15) is 0 Å². The summed E-state index contributed by atoms with van der Waals surface area (Å²) in [5, 5.41) is 3.08. The van der Waals surface area contributed by atoms with Gasteiger partial charge in [-0.25, -0.2) is 4.79 Å². The molecular formula is C17H28N2O. The fraction of sp³-hybridized carbons (Fsp3) is 0.588. The molecule has 0 aliphatic heterocycles. The molecule has 0 heterocycles. The number of para-hydroxylation sites is 1. The summed E-state index contributed by atoms with van der Waals surface area (Å²) >= 11 is 0. The lowest BCUT2D eigenvalue weighted by Gasteiger charge is -2.27. The average molecular weight is 276 g/mol. The Balaban J connectivity index is 2.84. The fourth-order valence-corrected chi connectivity index (χ4v) is 2.32. The molecule has 0 saturated heterocycles. The molecule has 0 aliphatic carbocycles. The van der Waals surface area contributed by atoms with Gasteiger partial charge in [0, 0.05) is 18.8 Å². The Hall–Kier alpha value is -1.51. The van der Waals surface area contributed by atoms with Crippen molar-refractivity contribution in [3.05, 3.63) is 29.3 Å². The third-order valence-electron chi connectivity index (χ3n) is 3.17. The van der Waals surface area contributed by atoms with E-state index in [0.29, 0.717) is 11.8 Å². The molecule has 112 valence electrons. The zero-order chi connectivity index (χ0) is 15.3. The summed E-state index contributed by atoms with van der Waals surface area (Å²) in [5.41, 5.74) is 3.15. The van der Waals surface area contributed by atoms with Crippen molar-refractivity contribution in [2.45, 2.75) is 41.5 Å². The number of amides is 2. The highest BCUT2D eigenvalue weighted by molar-refractivity contribution is 5.91. The van der Waals surface area contributed by atoms with Crippen LogP contribution < -0.4 is 5.32 Å². The molecule has 0 atom stereocenters. The van der Waals surface area contributed by atoms with E-state index in [1.807, 2.05) is 36.9 Å². The molecule has 0 bridgehead atoms. The van der Waals surface area contributed by atoms with Crippen LogP contribution >= 0.6 is 0 Å². The van der Waals surface area contributed by atoms with E-state index in [1.54, 1.807) is 0 Å².